The summed E-state index contributed by atoms with van der Waals surface area (Å²) >= 11 is 0. The number of rotatable bonds is 1. The standard InChI is InChI=1S/C20H34O/c1-13(2)16-8-9-17-15-12-14(3)6-7-18(15)20(5,21)11-10-19(16,17)4/h6,13,15-18,21H,7-12H2,1-5H3. The molecule has 0 aromatic carbocycles. The second kappa shape index (κ2) is 5.11. The van der Waals surface area contributed by atoms with E-state index in [9.17, 15) is 5.11 Å². The van der Waals surface area contributed by atoms with Crippen molar-refractivity contribution in [3.63, 3.8) is 0 Å². The molecule has 21 heavy (non-hydrogen) atoms. The lowest BCUT2D eigenvalue weighted by molar-refractivity contribution is -0.0358. The Labute approximate surface area is 131 Å². The quantitative estimate of drug-likeness (QED) is 0.659. The number of allylic oxidation sites excluding steroid dienone is 2. The van der Waals surface area contributed by atoms with E-state index < -0.39 is 5.60 Å². The summed E-state index contributed by atoms with van der Waals surface area (Å²) in [6.45, 7) is 11.8. The van der Waals surface area contributed by atoms with Gasteiger partial charge in [-0.3, -0.25) is 0 Å². The molecule has 0 spiro atoms. The predicted molar refractivity (Wildman–Crippen MR) is 89.0 cm³/mol. The summed E-state index contributed by atoms with van der Waals surface area (Å²) in [5, 5.41) is 11.1. The molecule has 6 atom stereocenters. The van der Waals surface area contributed by atoms with Crippen molar-refractivity contribution in [1.29, 1.82) is 0 Å². The van der Waals surface area contributed by atoms with E-state index in [0.717, 1.165) is 30.6 Å². The van der Waals surface area contributed by atoms with Crippen LogP contribution in [0.1, 0.15) is 73.1 Å². The van der Waals surface area contributed by atoms with Crippen LogP contribution in [0, 0.1) is 35.0 Å². The largest absolute Gasteiger partial charge is 0.390 e. The summed E-state index contributed by atoms with van der Waals surface area (Å²) in [5.41, 5.74) is 1.55. The van der Waals surface area contributed by atoms with Gasteiger partial charge in [0.2, 0.25) is 0 Å². The van der Waals surface area contributed by atoms with E-state index in [1.165, 1.54) is 25.7 Å². The Kier molecular flexibility index (Phi) is 3.80. The first kappa shape index (κ1) is 15.6. The predicted octanol–water partition coefficient (Wildman–Crippen LogP) is 5.19. The topological polar surface area (TPSA) is 20.2 Å². The van der Waals surface area contributed by atoms with Gasteiger partial charge < -0.3 is 5.11 Å². The van der Waals surface area contributed by atoms with E-state index in [1.54, 1.807) is 5.57 Å². The molecule has 0 aromatic heterocycles. The van der Waals surface area contributed by atoms with Gasteiger partial charge in [-0.2, -0.15) is 0 Å². The smallest absolute Gasteiger partial charge is 0.0653 e. The fourth-order valence-electron chi connectivity index (χ4n) is 6.41. The minimum absolute atomic E-state index is 0.454. The molecule has 0 heterocycles. The van der Waals surface area contributed by atoms with Crippen molar-refractivity contribution in [2.24, 2.45) is 35.0 Å². The average molecular weight is 290 g/mol. The number of aliphatic hydroxyl groups is 1. The molecule has 0 saturated heterocycles. The third kappa shape index (κ3) is 2.40. The van der Waals surface area contributed by atoms with Crippen LogP contribution in [0.2, 0.25) is 0 Å². The van der Waals surface area contributed by atoms with Crippen molar-refractivity contribution >= 4 is 0 Å². The monoisotopic (exact) mass is 290 g/mol. The fraction of sp³-hybridized carbons (Fsp3) is 0.900. The van der Waals surface area contributed by atoms with Gasteiger partial charge in [0.15, 0.2) is 0 Å². The summed E-state index contributed by atoms with van der Waals surface area (Å²) in [6, 6.07) is 0. The lowest BCUT2D eigenvalue weighted by Gasteiger charge is -2.44. The van der Waals surface area contributed by atoms with Crippen molar-refractivity contribution < 1.29 is 5.11 Å². The highest BCUT2D eigenvalue weighted by Crippen LogP contribution is 2.62. The second-order valence-electron chi connectivity index (χ2n) is 9.16. The van der Waals surface area contributed by atoms with Gasteiger partial charge in [0.05, 0.1) is 5.60 Å². The Morgan fingerprint density at radius 1 is 1.14 bits per heavy atom. The Hall–Kier alpha value is -0.300. The molecule has 2 saturated carbocycles. The van der Waals surface area contributed by atoms with E-state index in [0.29, 0.717) is 17.3 Å². The lowest BCUT2D eigenvalue weighted by atomic mass is 9.61. The minimum atomic E-state index is -0.462. The van der Waals surface area contributed by atoms with Crippen molar-refractivity contribution in [3.05, 3.63) is 11.6 Å². The summed E-state index contributed by atoms with van der Waals surface area (Å²) in [7, 11) is 0. The molecule has 0 amide bonds. The number of hydrogen-bond acceptors (Lipinski definition) is 1. The molecule has 0 radical (unpaired) electrons. The zero-order valence-corrected chi connectivity index (χ0v) is 14.7. The first-order valence-corrected chi connectivity index (χ1v) is 9.13. The van der Waals surface area contributed by atoms with Gasteiger partial charge in [0.1, 0.15) is 0 Å². The van der Waals surface area contributed by atoms with Crippen LogP contribution in [-0.2, 0) is 0 Å². The Morgan fingerprint density at radius 2 is 1.86 bits per heavy atom. The van der Waals surface area contributed by atoms with E-state index in [4.69, 9.17) is 0 Å². The van der Waals surface area contributed by atoms with Gasteiger partial charge >= 0.3 is 0 Å². The van der Waals surface area contributed by atoms with Gasteiger partial charge in [-0.25, -0.2) is 0 Å². The highest BCUT2D eigenvalue weighted by molar-refractivity contribution is 5.14. The molecular weight excluding hydrogens is 256 g/mol. The SMILES string of the molecule is CC1=CCC2C(C1)C1CCC(C(C)C)C1(C)CCC2(C)O. The molecule has 2 fully saturated rings. The van der Waals surface area contributed by atoms with Gasteiger partial charge in [-0.15, -0.1) is 0 Å². The maximum absolute atomic E-state index is 11.1. The minimum Gasteiger partial charge on any atom is -0.390 e. The van der Waals surface area contributed by atoms with Crippen LogP contribution in [0.5, 0.6) is 0 Å². The summed E-state index contributed by atoms with van der Waals surface area (Å²) in [6.07, 6.45) is 9.75. The Balaban J connectivity index is 1.99. The second-order valence-corrected chi connectivity index (χ2v) is 9.16. The summed E-state index contributed by atoms with van der Waals surface area (Å²) < 4.78 is 0. The van der Waals surface area contributed by atoms with Crippen LogP contribution in [0.15, 0.2) is 11.6 Å². The van der Waals surface area contributed by atoms with E-state index in [1.807, 2.05) is 0 Å². The van der Waals surface area contributed by atoms with Gasteiger partial charge in [0, 0.05) is 0 Å². The molecule has 3 aliphatic carbocycles. The molecule has 0 aromatic rings. The molecule has 0 bridgehead atoms. The van der Waals surface area contributed by atoms with Crippen molar-refractivity contribution in [2.45, 2.75) is 78.7 Å². The highest BCUT2D eigenvalue weighted by atomic mass is 16.3. The first-order valence-electron chi connectivity index (χ1n) is 9.13. The third-order valence-corrected chi connectivity index (χ3v) is 7.57. The highest BCUT2D eigenvalue weighted by Gasteiger charge is 2.56. The number of hydrogen-bond donors (Lipinski definition) is 1. The first-order chi connectivity index (χ1) is 9.75. The molecule has 1 nitrogen and oxygen atoms in total. The van der Waals surface area contributed by atoms with Gasteiger partial charge in [-0.1, -0.05) is 32.4 Å². The van der Waals surface area contributed by atoms with Crippen molar-refractivity contribution in [1.82, 2.24) is 0 Å². The molecule has 6 unspecified atom stereocenters. The third-order valence-electron chi connectivity index (χ3n) is 7.57. The van der Waals surface area contributed by atoms with E-state index in [2.05, 4.69) is 40.7 Å². The Bertz CT molecular complexity index is 433. The summed E-state index contributed by atoms with van der Waals surface area (Å²) in [5.74, 6) is 3.65. The van der Waals surface area contributed by atoms with Crippen LogP contribution in [0.3, 0.4) is 0 Å². The van der Waals surface area contributed by atoms with E-state index >= 15 is 0 Å². The van der Waals surface area contributed by atoms with E-state index in [-0.39, 0.29) is 0 Å². The molecule has 120 valence electrons. The Morgan fingerprint density at radius 3 is 2.52 bits per heavy atom. The van der Waals surface area contributed by atoms with Crippen LogP contribution < -0.4 is 0 Å². The van der Waals surface area contributed by atoms with Gasteiger partial charge in [-0.05, 0) is 87.4 Å². The molecule has 3 aliphatic rings. The normalized spacial score (nSPS) is 50.3. The lowest BCUT2D eigenvalue weighted by Crippen LogP contribution is -2.41. The van der Waals surface area contributed by atoms with Gasteiger partial charge in [0.25, 0.3) is 0 Å². The summed E-state index contributed by atoms with van der Waals surface area (Å²) in [4.78, 5) is 0. The van der Waals surface area contributed by atoms with Crippen LogP contribution in [-0.4, -0.2) is 10.7 Å². The molecule has 1 N–H and O–H groups in total. The molecule has 0 aliphatic heterocycles. The maximum atomic E-state index is 11.1. The zero-order chi connectivity index (χ0) is 15.4. The fourth-order valence-corrected chi connectivity index (χ4v) is 6.41. The average Bonchev–Trinajstić information content (AvgIpc) is 2.70. The molecule has 3 rings (SSSR count). The molecular formula is C20H34O. The van der Waals surface area contributed by atoms with Crippen molar-refractivity contribution in [3.8, 4) is 0 Å². The van der Waals surface area contributed by atoms with Crippen LogP contribution in [0.4, 0.5) is 0 Å². The maximum Gasteiger partial charge on any atom is 0.0653 e. The molecule has 1 heteroatoms. The zero-order valence-electron chi connectivity index (χ0n) is 14.7. The van der Waals surface area contributed by atoms with Crippen molar-refractivity contribution in [2.75, 3.05) is 0 Å². The number of fused-ring (bicyclic) bond motifs is 3. The van der Waals surface area contributed by atoms with Crippen LogP contribution in [0.25, 0.3) is 0 Å². The van der Waals surface area contributed by atoms with Crippen LogP contribution >= 0.6 is 0 Å².